The quantitative estimate of drug-likeness (QED) is 0.254. The Morgan fingerprint density at radius 2 is 1.42 bits per heavy atom. The number of carbonyl (C=O) groups excluding carboxylic acids is 4. The fourth-order valence-corrected chi connectivity index (χ4v) is 9.93. The van der Waals surface area contributed by atoms with Crippen molar-refractivity contribution in [2.24, 2.45) is 11.8 Å². The molecule has 5 aliphatic rings. The molecule has 0 aromatic heterocycles. The van der Waals surface area contributed by atoms with Crippen LogP contribution in [0.2, 0.25) is 0 Å². The molecule has 4 fully saturated rings. The number of anilines is 1. The second-order valence-corrected chi connectivity index (χ2v) is 17.3. The zero-order valence-corrected chi connectivity index (χ0v) is 34.7. The number of aromatic hydroxyl groups is 1. The van der Waals surface area contributed by atoms with Crippen LogP contribution < -0.4 is 5.32 Å². The summed E-state index contributed by atoms with van der Waals surface area (Å²) in [4.78, 5) is 63.8. The SMILES string of the molecule is C.Cc1cc(C[C@@H](OC(=O)N2CCC(N3CCc4ccccc4NC3=O)CC2)C(=O)N2CCC(C3CCN(CC(=O)OCCN4CCCCC4)CC3)CC2)cc(C)c1O. The molecule has 4 amide bonds. The molecule has 13 nitrogen and oxygen atoms in total. The first-order valence-corrected chi connectivity index (χ1v) is 21.9. The van der Waals surface area contributed by atoms with Crippen LogP contribution in [-0.4, -0.2) is 144 Å². The van der Waals surface area contributed by atoms with Gasteiger partial charge in [0.15, 0.2) is 6.10 Å². The van der Waals surface area contributed by atoms with E-state index >= 15 is 0 Å². The largest absolute Gasteiger partial charge is 0.507 e. The maximum absolute atomic E-state index is 14.2. The van der Waals surface area contributed by atoms with Crippen molar-refractivity contribution in [1.29, 1.82) is 0 Å². The number of phenolic OH excluding ortho intramolecular Hbond substituents is 1. The highest BCUT2D eigenvalue weighted by Gasteiger charge is 2.37. The number of nitrogens with zero attached hydrogens (tertiary/aromatic N) is 5. The third-order valence-electron chi connectivity index (χ3n) is 13.4. The highest BCUT2D eigenvalue weighted by molar-refractivity contribution is 5.91. The zero-order valence-electron chi connectivity index (χ0n) is 34.7. The Balaban J connectivity index is 0.00000585. The van der Waals surface area contributed by atoms with E-state index in [1.807, 2.05) is 60.0 Å². The highest BCUT2D eigenvalue weighted by atomic mass is 16.6. The first-order chi connectivity index (χ1) is 28.1. The normalized spacial score (nSPS) is 20.8. The number of carbonyl (C=O) groups is 4. The van der Waals surface area contributed by atoms with Gasteiger partial charge in [-0.05, 0) is 138 Å². The summed E-state index contributed by atoms with van der Waals surface area (Å²) in [5.41, 5.74) is 4.23. The Hall–Kier alpha value is -4.36. The lowest BCUT2D eigenvalue weighted by molar-refractivity contribution is -0.145. The van der Waals surface area contributed by atoms with Gasteiger partial charge in [-0.1, -0.05) is 44.2 Å². The van der Waals surface area contributed by atoms with E-state index in [9.17, 15) is 24.3 Å². The van der Waals surface area contributed by atoms with Gasteiger partial charge in [0.05, 0.1) is 6.54 Å². The first kappa shape index (κ1) is 44.2. The smallest absolute Gasteiger partial charge is 0.410 e. The minimum atomic E-state index is -0.997. The van der Waals surface area contributed by atoms with Crippen LogP contribution in [-0.2, 0) is 31.9 Å². The van der Waals surface area contributed by atoms with Crippen LogP contribution >= 0.6 is 0 Å². The summed E-state index contributed by atoms with van der Waals surface area (Å²) in [6.45, 7) is 12.0. The monoisotopic (exact) mass is 817 g/mol. The van der Waals surface area contributed by atoms with Gasteiger partial charge in [-0.3, -0.25) is 19.4 Å². The van der Waals surface area contributed by atoms with Crippen molar-refractivity contribution in [3.63, 3.8) is 0 Å². The average Bonchev–Trinajstić information content (AvgIpc) is 3.41. The molecule has 0 spiro atoms. The number of aryl methyl sites for hydroxylation is 2. The number of hydrogen-bond donors (Lipinski definition) is 2. The third-order valence-corrected chi connectivity index (χ3v) is 13.4. The number of para-hydroxylation sites is 1. The van der Waals surface area contributed by atoms with Crippen LogP contribution in [0.25, 0.3) is 0 Å². The summed E-state index contributed by atoms with van der Waals surface area (Å²) in [6, 6.07) is 11.5. The van der Waals surface area contributed by atoms with Crippen LogP contribution in [0.3, 0.4) is 0 Å². The molecule has 59 heavy (non-hydrogen) atoms. The number of likely N-dealkylation sites (tertiary alicyclic amines) is 4. The number of hydrogen-bond acceptors (Lipinski definition) is 9. The van der Waals surface area contributed by atoms with Crippen molar-refractivity contribution in [1.82, 2.24) is 24.5 Å². The zero-order chi connectivity index (χ0) is 40.6. The Morgan fingerprint density at radius 1 is 0.797 bits per heavy atom. The Labute approximate surface area is 351 Å². The molecule has 2 aromatic carbocycles. The minimum Gasteiger partial charge on any atom is -0.507 e. The Morgan fingerprint density at radius 3 is 2.10 bits per heavy atom. The van der Waals surface area contributed by atoms with Crippen LogP contribution in [0, 0.1) is 25.7 Å². The van der Waals surface area contributed by atoms with E-state index in [0.717, 1.165) is 81.6 Å². The first-order valence-electron chi connectivity index (χ1n) is 21.9. The molecule has 2 aromatic rings. The van der Waals surface area contributed by atoms with E-state index in [2.05, 4.69) is 15.1 Å². The van der Waals surface area contributed by atoms with E-state index in [-0.39, 0.29) is 43.5 Å². The lowest BCUT2D eigenvalue weighted by atomic mass is 9.78. The van der Waals surface area contributed by atoms with Crippen LogP contribution in [0.5, 0.6) is 5.75 Å². The lowest BCUT2D eigenvalue weighted by Crippen LogP contribution is -2.52. The Bertz CT molecular complexity index is 1720. The molecule has 4 saturated heterocycles. The van der Waals surface area contributed by atoms with Gasteiger partial charge in [0.2, 0.25) is 0 Å². The van der Waals surface area contributed by atoms with Gasteiger partial charge < -0.3 is 34.6 Å². The number of rotatable bonds is 11. The molecule has 7 rings (SSSR count). The topological polar surface area (TPSA) is 135 Å². The lowest BCUT2D eigenvalue weighted by Gasteiger charge is -2.41. The average molecular weight is 817 g/mol. The molecule has 5 aliphatic heterocycles. The number of piperidine rings is 4. The van der Waals surface area contributed by atoms with Gasteiger partial charge in [0, 0.05) is 57.4 Å². The minimum absolute atomic E-state index is 0. The van der Waals surface area contributed by atoms with Crippen molar-refractivity contribution >= 4 is 29.7 Å². The summed E-state index contributed by atoms with van der Waals surface area (Å²) < 4.78 is 11.7. The van der Waals surface area contributed by atoms with Crippen molar-refractivity contribution in [2.45, 2.75) is 104 Å². The number of fused-ring (bicyclic) bond motifs is 1. The number of nitrogens with one attached hydrogen (secondary N) is 1. The second kappa shape index (κ2) is 20.7. The molecule has 13 heteroatoms. The fraction of sp³-hybridized carbons (Fsp3) is 0.652. The standard InChI is InChI=1S/C45H64N6O7.CH4/c1-32-28-34(29-33(2)42(32)53)30-40(58-45(56)50-23-15-38(16-24-50)51-25-14-37-8-4-5-9-39(37)46-44(51)55)43(54)49-21-12-36(13-22-49)35-10-19-48(20-11-35)31-41(52)57-27-26-47-17-6-3-7-18-47;/h4-5,8-9,28-29,35-36,38,40,53H,3,6-7,10-27,30-31H2,1-2H3,(H,46,55);1H4/t40-;/m1./s1. The van der Waals surface area contributed by atoms with Gasteiger partial charge in [-0.15, -0.1) is 0 Å². The molecule has 1 atom stereocenters. The number of urea groups is 1. The predicted octanol–water partition coefficient (Wildman–Crippen LogP) is 6.23. The van der Waals surface area contributed by atoms with E-state index < -0.39 is 12.2 Å². The van der Waals surface area contributed by atoms with Crippen molar-refractivity contribution < 1.29 is 33.8 Å². The van der Waals surface area contributed by atoms with Crippen LogP contribution in [0.1, 0.15) is 87.5 Å². The summed E-state index contributed by atoms with van der Waals surface area (Å²) in [5.74, 6) is 0.976. The summed E-state index contributed by atoms with van der Waals surface area (Å²) >= 11 is 0. The molecule has 0 bridgehead atoms. The third kappa shape index (κ3) is 11.5. The molecular formula is C46H68N6O7. The van der Waals surface area contributed by atoms with E-state index in [1.165, 1.54) is 19.3 Å². The maximum atomic E-state index is 14.2. The molecule has 0 unspecified atom stereocenters. The number of benzene rings is 2. The summed E-state index contributed by atoms with van der Waals surface area (Å²) in [7, 11) is 0. The molecule has 2 N–H and O–H groups in total. The van der Waals surface area contributed by atoms with Gasteiger partial charge in [0.1, 0.15) is 12.4 Å². The van der Waals surface area contributed by atoms with E-state index in [1.54, 1.807) is 4.90 Å². The van der Waals surface area contributed by atoms with Crippen molar-refractivity contribution in [3.8, 4) is 5.75 Å². The van der Waals surface area contributed by atoms with E-state index in [4.69, 9.17) is 9.47 Å². The van der Waals surface area contributed by atoms with Gasteiger partial charge in [-0.25, -0.2) is 9.59 Å². The van der Waals surface area contributed by atoms with Crippen molar-refractivity contribution in [3.05, 3.63) is 58.7 Å². The molecule has 5 heterocycles. The Kier molecular flexibility index (Phi) is 15.5. The summed E-state index contributed by atoms with van der Waals surface area (Å²) in [6.07, 6.45) is 8.36. The van der Waals surface area contributed by atoms with Crippen molar-refractivity contribution in [2.75, 3.05) is 83.9 Å². The number of ether oxygens (including phenoxy) is 2. The van der Waals surface area contributed by atoms with Gasteiger partial charge in [-0.2, -0.15) is 0 Å². The molecule has 0 aliphatic carbocycles. The number of esters is 1. The fourth-order valence-electron chi connectivity index (χ4n) is 9.93. The maximum Gasteiger partial charge on any atom is 0.410 e. The molecule has 0 radical (unpaired) electrons. The number of phenols is 1. The van der Waals surface area contributed by atoms with Gasteiger partial charge >= 0.3 is 18.1 Å². The van der Waals surface area contributed by atoms with Crippen LogP contribution in [0.15, 0.2) is 36.4 Å². The molecule has 0 saturated carbocycles. The molecular weight excluding hydrogens is 749 g/mol. The summed E-state index contributed by atoms with van der Waals surface area (Å²) in [5, 5.41) is 13.5. The second-order valence-electron chi connectivity index (χ2n) is 17.3. The number of amides is 4. The highest BCUT2D eigenvalue weighted by Crippen LogP contribution is 2.33. The molecule has 324 valence electrons. The predicted molar refractivity (Wildman–Crippen MR) is 228 cm³/mol. The van der Waals surface area contributed by atoms with Crippen LogP contribution in [0.4, 0.5) is 15.3 Å². The van der Waals surface area contributed by atoms with Gasteiger partial charge in [0.25, 0.3) is 5.91 Å². The van der Waals surface area contributed by atoms with E-state index in [0.29, 0.717) is 81.7 Å².